The van der Waals surface area contributed by atoms with Gasteiger partial charge in [-0.05, 0) is 86.7 Å². The molecule has 38 heavy (non-hydrogen) atoms. The number of esters is 3. The minimum atomic E-state index is -0.665. The minimum Gasteiger partial charge on any atom is -0.465 e. The van der Waals surface area contributed by atoms with Crippen molar-refractivity contribution in [3.8, 4) is 0 Å². The van der Waals surface area contributed by atoms with Crippen LogP contribution in [0.1, 0.15) is 93.4 Å². The molecule has 0 N–H and O–H groups in total. The molecule has 7 atom stereocenters. The Morgan fingerprint density at radius 2 is 1.82 bits per heavy atom. The molecule has 1 saturated heterocycles. The van der Waals surface area contributed by atoms with Crippen molar-refractivity contribution in [2.45, 2.75) is 105 Å². The molecule has 3 aliphatic carbocycles. The van der Waals surface area contributed by atoms with E-state index in [1.807, 2.05) is 26.8 Å². The van der Waals surface area contributed by atoms with E-state index in [1.165, 1.54) is 18.1 Å². The average Bonchev–Trinajstić information content (AvgIpc) is 3.07. The summed E-state index contributed by atoms with van der Waals surface area (Å²) < 4.78 is 17.6. The number of fused-ring (bicyclic) bond motifs is 5. The molecule has 6 nitrogen and oxygen atoms in total. The summed E-state index contributed by atoms with van der Waals surface area (Å²) in [4.78, 5) is 37.1. The SMILES string of the molecule is CC(=O)OC[C@]12CCC(=O)OC(C)(C)[C@@H]1CC=C1C2=CC[C@]2(C)[C@@H]([C@H](C)[C@@H]3CC=C(C)C(=O)O3)CC[C@@]12C. The Balaban J connectivity index is 1.54. The highest BCUT2D eigenvalue weighted by molar-refractivity contribution is 5.88. The Hall–Kier alpha value is -2.37. The van der Waals surface area contributed by atoms with Crippen LogP contribution in [-0.2, 0) is 28.6 Å². The summed E-state index contributed by atoms with van der Waals surface area (Å²) in [6, 6.07) is 0. The molecule has 0 spiro atoms. The van der Waals surface area contributed by atoms with E-state index in [0.717, 1.165) is 32.1 Å². The molecule has 0 amide bonds. The van der Waals surface area contributed by atoms with Crippen LogP contribution in [-0.4, -0.2) is 36.2 Å². The fraction of sp³-hybridized carbons (Fsp3) is 0.719. The van der Waals surface area contributed by atoms with E-state index >= 15 is 0 Å². The highest BCUT2D eigenvalue weighted by atomic mass is 16.6. The Kier molecular flexibility index (Phi) is 6.51. The summed E-state index contributed by atoms with van der Waals surface area (Å²) in [6.07, 6.45) is 12.3. The van der Waals surface area contributed by atoms with Crippen LogP contribution >= 0.6 is 0 Å². The molecule has 0 aromatic heterocycles. The summed E-state index contributed by atoms with van der Waals surface area (Å²) in [6.45, 7) is 14.7. The predicted molar refractivity (Wildman–Crippen MR) is 144 cm³/mol. The second kappa shape index (κ2) is 9.09. The van der Waals surface area contributed by atoms with Crippen molar-refractivity contribution >= 4 is 17.9 Å². The van der Waals surface area contributed by atoms with Crippen molar-refractivity contribution in [3.63, 3.8) is 0 Å². The van der Waals surface area contributed by atoms with Crippen LogP contribution in [0.15, 0.2) is 34.9 Å². The van der Waals surface area contributed by atoms with Gasteiger partial charge < -0.3 is 14.2 Å². The molecule has 2 fully saturated rings. The molecule has 0 aromatic carbocycles. The predicted octanol–water partition coefficient (Wildman–Crippen LogP) is 6.25. The fourth-order valence-electron chi connectivity index (χ4n) is 9.01. The first-order valence-corrected chi connectivity index (χ1v) is 14.4. The molecular weight excluding hydrogens is 480 g/mol. The van der Waals surface area contributed by atoms with Gasteiger partial charge in [-0.1, -0.05) is 39.0 Å². The van der Waals surface area contributed by atoms with Gasteiger partial charge in [0, 0.05) is 36.7 Å². The van der Waals surface area contributed by atoms with E-state index in [2.05, 4.69) is 32.9 Å². The van der Waals surface area contributed by atoms with Gasteiger partial charge in [0.15, 0.2) is 0 Å². The normalized spacial score (nSPS) is 40.6. The lowest BCUT2D eigenvalue weighted by Crippen LogP contribution is -2.53. The van der Waals surface area contributed by atoms with Crippen LogP contribution in [0.4, 0.5) is 0 Å². The smallest absolute Gasteiger partial charge is 0.333 e. The molecule has 5 aliphatic rings. The summed E-state index contributed by atoms with van der Waals surface area (Å²) >= 11 is 0. The lowest BCUT2D eigenvalue weighted by Gasteiger charge is -2.58. The van der Waals surface area contributed by atoms with Gasteiger partial charge in [-0.25, -0.2) is 4.79 Å². The minimum absolute atomic E-state index is 0.00634. The summed E-state index contributed by atoms with van der Waals surface area (Å²) in [5, 5.41) is 0. The van der Waals surface area contributed by atoms with Crippen LogP contribution < -0.4 is 0 Å². The number of carbonyl (C=O) groups excluding carboxylic acids is 3. The van der Waals surface area contributed by atoms with Crippen LogP contribution in [0.2, 0.25) is 0 Å². The zero-order valence-electron chi connectivity index (χ0n) is 24.1. The van der Waals surface area contributed by atoms with Gasteiger partial charge in [-0.3, -0.25) is 9.59 Å². The van der Waals surface area contributed by atoms with Gasteiger partial charge in [-0.2, -0.15) is 0 Å². The van der Waals surface area contributed by atoms with E-state index in [9.17, 15) is 14.4 Å². The number of carbonyl (C=O) groups is 3. The number of hydrogen-bond donors (Lipinski definition) is 0. The molecule has 0 unspecified atom stereocenters. The highest BCUT2D eigenvalue weighted by Crippen LogP contribution is 2.71. The molecule has 2 heterocycles. The fourth-order valence-corrected chi connectivity index (χ4v) is 9.01. The lowest BCUT2D eigenvalue weighted by atomic mass is 9.47. The summed E-state index contributed by atoms with van der Waals surface area (Å²) in [5.74, 6) is 0.0228. The van der Waals surface area contributed by atoms with E-state index in [4.69, 9.17) is 14.2 Å². The van der Waals surface area contributed by atoms with Gasteiger partial charge in [0.25, 0.3) is 0 Å². The van der Waals surface area contributed by atoms with Crippen molar-refractivity contribution in [2.75, 3.05) is 6.61 Å². The largest absolute Gasteiger partial charge is 0.465 e. The number of rotatable bonds is 4. The topological polar surface area (TPSA) is 78.9 Å². The molecule has 5 rings (SSSR count). The van der Waals surface area contributed by atoms with Crippen molar-refractivity contribution < 1.29 is 28.6 Å². The second-order valence-corrected chi connectivity index (χ2v) is 13.6. The Bertz CT molecular complexity index is 1140. The molecule has 208 valence electrons. The average molecular weight is 525 g/mol. The van der Waals surface area contributed by atoms with Crippen molar-refractivity contribution in [1.82, 2.24) is 0 Å². The molecule has 0 aromatic rings. The Labute approximate surface area is 227 Å². The molecule has 2 aliphatic heterocycles. The standard InChI is InChI=1S/C32H44O6/c1-19-8-10-25(37-28(19)35)20(2)22-12-15-31(7)23-9-11-26-29(4,5)38-27(34)14-17-32(26,18-36-21(3)33)24(23)13-16-30(22,31)6/h8-9,13,20,22,25-26H,10-12,14-18H2,1-7H3/t20-,22+,25-,26-,30+,31-,32-/m0/s1. The van der Waals surface area contributed by atoms with Crippen molar-refractivity contribution in [2.24, 2.45) is 34.0 Å². The quantitative estimate of drug-likeness (QED) is 0.320. The van der Waals surface area contributed by atoms with E-state index in [0.29, 0.717) is 24.3 Å². The number of cyclic esters (lactones) is 2. The summed E-state index contributed by atoms with van der Waals surface area (Å²) in [7, 11) is 0. The third-order valence-electron chi connectivity index (χ3n) is 11.4. The molecule has 0 bridgehead atoms. The van der Waals surface area contributed by atoms with E-state index < -0.39 is 11.0 Å². The zero-order valence-corrected chi connectivity index (χ0v) is 24.1. The lowest BCUT2D eigenvalue weighted by molar-refractivity contribution is -0.163. The Morgan fingerprint density at radius 3 is 2.50 bits per heavy atom. The molecule has 0 radical (unpaired) electrons. The van der Waals surface area contributed by atoms with Gasteiger partial charge in [-0.15, -0.1) is 0 Å². The van der Waals surface area contributed by atoms with E-state index in [-0.39, 0.29) is 53.3 Å². The molecular formula is C32H44O6. The number of hydrogen-bond acceptors (Lipinski definition) is 6. The first-order chi connectivity index (χ1) is 17.7. The van der Waals surface area contributed by atoms with Crippen LogP contribution in [0.5, 0.6) is 0 Å². The maximum absolute atomic E-state index is 12.7. The Morgan fingerprint density at radius 1 is 1.08 bits per heavy atom. The third kappa shape index (κ3) is 3.92. The number of allylic oxidation sites excluding steroid dienone is 3. The monoisotopic (exact) mass is 524 g/mol. The molecule has 1 saturated carbocycles. The van der Waals surface area contributed by atoms with Crippen LogP contribution in [0, 0.1) is 34.0 Å². The van der Waals surface area contributed by atoms with Gasteiger partial charge in [0.2, 0.25) is 0 Å². The van der Waals surface area contributed by atoms with Crippen molar-refractivity contribution in [3.05, 3.63) is 34.9 Å². The third-order valence-corrected chi connectivity index (χ3v) is 11.4. The highest BCUT2D eigenvalue weighted by Gasteiger charge is 2.64. The number of ether oxygens (including phenoxy) is 3. The maximum Gasteiger partial charge on any atom is 0.333 e. The van der Waals surface area contributed by atoms with Gasteiger partial charge in [0.05, 0.1) is 0 Å². The van der Waals surface area contributed by atoms with Crippen LogP contribution in [0.3, 0.4) is 0 Å². The van der Waals surface area contributed by atoms with Crippen molar-refractivity contribution in [1.29, 1.82) is 0 Å². The summed E-state index contributed by atoms with van der Waals surface area (Å²) in [5.41, 5.74) is 2.16. The van der Waals surface area contributed by atoms with Gasteiger partial charge >= 0.3 is 17.9 Å². The molecule has 6 heteroatoms. The van der Waals surface area contributed by atoms with Crippen LogP contribution in [0.25, 0.3) is 0 Å². The first-order valence-electron chi connectivity index (χ1n) is 14.4. The maximum atomic E-state index is 12.7. The van der Waals surface area contributed by atoms with Gasteiger partial charge in [0.1, 0.15) is 18.3 Å². The first kappa shape index (κ1) is 27.2. The van der Waals surface area contributed by atoms with E-state index in [1.54, 1.807) is 0 Å². The zero-order chi connectivity index (χ0) is 27.7. The second-order valence-electron chi connectivity index (χ2n) is 13.6.